The summed E-state index contributed by atoms with van der Waals surface area (Å²) in [7, 11) is 1.78. The van der Waals surface area contributed by atoms with Gasteiger partial charge in [-0.15, -0.1) is 11.3 Å². The van der Waals surface area contributed by atoms with Gasteiger partial charge in [-0.2, -0.15) is 0 Å². The molecule has 1 saturated heterocycles. The standard InChI is InChI=1S/C13H22N2OS/c1-11-10-17-13(14-11)15-7-3-5-12(9-15)6-4-8-16-2/h10,12H,3-9H2,1-2H3. The highest BCUT2D eigenvalue weighted by Gasteiger charge is 2.21. The normalized spacial score (nSPS) is 20.8. The summed E-state index contributed by atoms with van der Waals surface area (Å²) in [6, 6.07) is 0. The van der Waals surface area contributed by atoms with Gasteiger partial charge in [-0.3, -0.25) is 0 Å². The molecule has 3 nitrogen and oxygen atoms in total. The summed E-state index contributed by atoms with van der Waals surface area (Å²) in [5.74, 6) is 0.822. The number of aryl methyl sites for hydroxylation is 1. The maximum Gasteiger partial charge on any atom is 0.185 e. The minimum atomic E-state index is 0.822. The number of thiazole rings is 1. The molecule has 1 unspecified atom stereocenters. The van der Waals surface area contributed by atoms with Crippen LogP contribution in [0.15, 0.2) is 5.38 Å². The molecule has 0 radical (unpaired) electrons. The zero-order valence-corrected chi connectivity index (χ0v) is 11.6. The minimum absolute atomic E-state index is 0.822. The van der Waals surface area contributed by atoms with Crippen molar-refractivity contribution in [2.75, 3.05) is 31.7 Å². The van der Waals surface area contributed by atoms with Crippen LogP contribution in [0, 0.1) is 12.8 Å². The third kappa shape index (κ3) is 3.68. The highest BCUT2D eigenvalue weighted by molar-refractivity contribution is 7.13. The number of anilines is 1. The predicted molar refractivity (Wildman–Crippen MR) is 72.9 cm³/mol. The second kappa shape index (κ2) is 6.36. The molecule has 4 heteroatoms. The summed E-state index contributed by atoms with van der Waals surface area (Å²) in [5.41, 5.74) is 1.14. The highest BCUT2D eigenvalue weighted by atomic mass is 32.1. The van der Waals surface area contributed by atoms with Crippen molar-refractivity contribution in [3.8, 4) is 0 Å². The van der Waals surface area contributed by atoms with Crippen LogP contribution in [0.3, 0.4) is 0 Å². The molecule has 1 aromatic rings. The van der Waals surface area contributed by atoms with Crippen LogP contribution in [0.5, 0.6) is 0 Å². The molecule has 1 atom stereocenters. The number of hydrogen-bond acceptors (Lipinski definition) is 4. The van der Waals surface area contributed by atoms with Gasteiger partial charge < -0.3 is 9.64 Å². The second-order valence-corrected chi connectivity index (χ2v) is 5.70. The molecule has 1 fully saturated rings. The van der Waals surface area contributed by atoms with Gasteiger partial charge in [-0.1, -0.05) is 0 Å². The maximum absolute atomic E-state index is 5.12. The van der Waals surface area contributed by atoms with Gasteiger partial charge in [0.15, 0.2) is 5.13 Å². The lowest BCUT2D eigenvalue weighted by Crippen LogP contribution is -2.35. The fourth-order valence-corrected chi connectivity index (χ4v) is 3.32. The molecule has 96 valence electrons. The first-order valence-electron chi connectivity index (χ1n) is 6.45. The van der Waals surface area contributed by atoms with E-state index in [4.69, 9.17) is 4.74 Å². The van der Waals surface area contributed by atoms with Crippen LogP contribution in [-0.4, -0.2) is 31.8 Å². The van der Waals surface area contributed by atoms with Crippen LogP contribution in [0.1, 0.15) is 31.4 Å². The zero-order chi connectivity index (χ0) is 12.1. The first-order valence-corrected chi connectivity index (χ1v) is 7.33. The monoisotopic (exact) mass is 254 g/mol. The topological polar surface area (TPSA) is 25.4 Å². The molecule has 0 amide bonds. The first-order chi connectivity index (χ1) is 8.29. The van der Waals surface area contributed by atoms with Crippen molar-refractivity contribution in [1.82, 2.24) is 4.98 Å². The number of rotatable bonds is 5. The lowest BCUT2D eigenvalue weighted by Gasteiger charge is -2.32. The van der Waals surface area contributed by atoms with Gasteiger partial charge in [0.1, 0.15) is 0 Å². The van der Waals surface area contributed by atoms with Crippen molar-refractivity contribution in [1.29, 1.82) is 0 Å². The van der Waals surface area contributed by atoms with Gasteiger partial charge in [-0.05, 0) is 38.5 Å². The molecule has 0 spiro atoms. The summed E-state index contributed by atoms with van der Waals surface area (Å²) in [6.07, 6.45) is 5.14. The quantitative estimate of drug-likeness (QED) is 0.755. The molecule has 0 saturated carbocycles. The van der Waals surface area contributed by atoms with E-state index < -0.39 is 0 Å². The molecular weight excluding hydrogens is 232 g/mol. The van der Waals surface area contributed by atoms with Crippen molar-refractivity contribution in [2.45, 2.75) is 32.6 Å². The summed E-state index contributed by atoms with van der Waals surface area (Å²) in [6.45, 7) is 5.32. The van der Waals surface area contributed by atoms with Crippen molar-refractivity contribution in [3.63, 3.8) is 0 Å². The average Bonchev–Trinajstić information content (AvgIpc) is 2.77. The van der Waals surface area contributed by atoms with Gasteiger partial charge >= 0.3 is 0 Å². The minimum Gasteiger partial charge on any atom is -0.385 e. The first kappa shape index (κ1) is 12.8. The molecule has 0 N–H and O–H groups in total. The number of piperidine rings is 1. The molecule has 2 rings (SSSR count). The van der Waals surface area contributed by atoms with Crippen molar-refractivity contribution >= 4 is 16.5 Å². The van der Waals surface area contributed by atoms with Gasteiger partial charge in [0.05, 0.1) is 5.69 Å². The van der Waals surface area contributed by atoms with Gasteiger partial charge in [0, 0.05) is 32.2 Å². The number of hydrogen-bond donors (Lipinski definition) is 0. The molecular formula is C13H22N2OS. The smallest absolute Gasteiger partial charge is 0.185 e. The Morgan fingerprint density at radius 1 is 1.59 bits per heavy atom. The van der Waals surface area contributed by atoms with E-state index in [0.717, 1.165) is 18.2 Å². The van der Waals surface area contributed by atoms with E-state index in [-0.39, 0.29) is 0 Å². The number of methoxy groups -OCH3 is 1. The van der Waals surface area contributed by atoms with Crippen molar-refractivity contribution < 1.29 is 4.74 Å². The van der Waals surface area contributed by atoms with Crippen LogP contribution in [0.25, 0.3) is 0 Å². The van der Waals surface area contributed by atoms with Crippen LogP contribution >= 0.6 is 11.3 Å². The van der Waals surface area contributed by atoms with Crippen LogP contribution in [0.2, 0.25) is 0 Å². The van der Waals surface area contributed by atoms with Gasteiger partial charge in [0.25, 0.3) is 0 Å². The number of ether oxygens (including phenoxy) is 1. The average molecular weight is 254 g/mol. The molecule has 1 aliphatic rings. The fraction of sp³-hybridized carbons (Fsp3) is 0.769. The lowest BCUT2D eigenvalue weighted by atomic mass is 9.94. The SMILES string of the molecule is COCCCC1CCCN(c2nc(C)cs2)C1. The Balaban J connectivity index is 1.84. The van der Waals surface area contributed by atoms with E-state index in [9.17, 15) is 0 Å². The Morgan fingerprint density at radius 3 is 3.18 bits per heavy atom. The lowest BCUT2D eigenvalue weighted by molar-refractivity contribution is 0.184. The van der Waals surface area contributed by atoms with E-state index >= 15 is 0 Å². The van der Waals surface area contributed by atoms with Gasteiger partial charge in [-0.25, -0.2) is 4.98 Å². The molecule has 1 aliphatic heterocycles. The Hall–Kier alpha value is -0.610. The number of nitrogens with zero attached hydrogens (tertiary/aromatic N) is 2. The van der Waals surface area contributed by atoms with Crippen molar-refractivity contribution in [2.24, 2.45) is 5.92 Å². The number of aromatic nitrogens is 1. The summed E-state index contributed by atoms with van der Waals surface area (Å²) in [4.78, 5) is 7.04. The van der Waals surface area contributed by atoms with Crippen LogP contribution < -0.4 is 4.90 Å². The van der Waals surface area contributed by atoms with Crippen molar-refractivity contribution in [3.05, 3.63) is 11.1 Å². The van der Waals surface area contributed by atoms with Gasteiger partial charge in [0.2, 0.25) is 0 Å². The zero-order valence-electron chi connectivity index (χ0n) is 10.8. The maximum atomic E-state index is 5.12. The molecule has 17 heavy (non-hydrogen) atoms. The largest absolute Gasteiger partial charge is 0.385 e. The van der Waals surface area contributed by atoms with E-state index in [1.165, 1.54) is 43.9 Å². The molecule has 0 aromatic carbocycles. The highest BCUT2D eigenvalue weighted by Crippen LogP contribution is 2.27. The third-order valence-corrected chi connectivity index (χ3v) is 4.38. The van der Waals surface area contributed by atoms with E-state index in [1.807, 2.05) is 0 Å². The predicted octanol–water partition coefficient (Wildman–Crippen LogP) is 3.09. The summed E-state index contributed by atoms with van der Waals surface area (Å²) < 4.78 is 5.12. The Kier molecular flexibility index (Phi) is 4.80. The Labute approximate surface area is 108 Å². The molecule has 0 bridgehead atoms. The Morgan fingerprint density at radius 2 is 2.47 bits per heavy atom. The molecule has 2 heterocycles. The fourth-order valence-electron chi connectivity index (χ4n) is 2.48. The molecule has 1 aromatic heterocycles. The summed E-state index contributed by atoms with van der Waals surface area (Å²) in [5, 5.41) is 3.35. The van der Waals surface area contributed by atoms with E-state index in [0.29, 0.717) is 0 Å². The van der Waals surface area contributed by atoms with Crippen LogP contribution in [-0.2, 0) is 4.74 Å². The summed E-state index contributed by atoms with van der Waals surface area (Å²) >= 11 is 1.78. The Bertz CT molecular complexity index is 340. The van der Waals surface area contributed by atoms with E-state index in [2.05, 4.69) is 22.2 Å². The second-order valence-electron chi connectivity index (χ2n) is 4.86. The van der Waals surface area contributed by atoms with Crippen LogP contribution in [0.4, 0.5) is 5.13 Å². The molecule has 0 aliphatic carbocycles. The van der Waals surface area contributed by atoms with E-state index in [1.54, 1.807) is 18.4 Å². The third-order valence-electron chi connectivity index (χ3n) is 3.36.